The minimum atomic E-state index is 0.551. The lowest BCUT2D eigenvalue weighted by molar-refractivity contribution is 0.510. The van der Waals surface area contributed by atoms with Gasteiger partial charge in [-0.3, -0.25) is 0 Å². The van der Waals surface area contributed by atoms with Crippen molar-refractivity contribution in [2.45, 2.75) is 51.0 Å². The van der Waals surface area contributed by atoms with Gasteiger partial charge in [-0.15, -0.1) is 0 Å². The van der Waals surface area contributed by atoms with Gasteiger partial charge >= 0.3 is 0 Å². The summed E-state index contributed by atoms with van der Waals surface area (Å²) in [6.07, 6.45) is 12.1. The van der Waals surface area contributed by atoms with Gasteiger partial charge in [-0.1, -0.05) is 37.3 Å². The smallest absolute Gasteiger partial charge is 0.225 e. The molecule has 0 unspecified atom stereocenters. The predicted molar refractivity (Wildman–Crippen MR) is 79.5 cm³/mol. The molecule has 1 heterocycles. The highest BCUT2D eigenvalue weighted by molar-refractivity contribution is 6.30. The van der Waals surface area contributed by atoms with Crippen LogP contribution in [0.25, 0.3) is 0 Å². The Kier molecular flexibility index (Phi) is 5.86. The second kappa shape index (κ2) is 7.65. The first kappa shape index (κ1) is 14.5. The molecule has 0 bridgehead atoms. The normalized spacial score (nSPS) is 17.2. The number of nitrogens with zero attached hydrogens (tertiary/aromatic N) is 3. The lowest BCUT2D eigenvalue weighted by Gasteiger charge is -2.31. The van der Waals surface area contributed by atoms with Crippen molar-refractivity contribution in [3.63, 3.8) is 0 Å². The maximum Gasteiger partial charge on any atom is 0.225 e. The Bertz CT molecular complexity index is 360. The number of aromatic nitrogens is 2. The summed E-state index contributed by atoms with van der Waals surface area (Å²) in [4.78, 5) is 11.1. The van der Waals surface area contributed by atoms with Gasteiger partial charge in [0.25, 0.3) is 0 Å². The highest BCUT2D eigenvalue weighted by Gasteiger charge is 2.21. The monoisotopic (exact) mass is 282 g/mol. The van der Waals surface area contributed by atoms with E-state index in [1.165, 1.54) is 38.5 Å². The molecule has 106 valence electrons. The Balaban J connectivity index is 2.11. The van der Waals surface area contributed by atoms with E-state index in [4.69, 9.17) is 17.3 Å². The van der Waals surface area contributed by atoms with Crippen LogP contribution in [0.5, 0.6) is 0 Å². The van der Waals surface area contributed by atoms with Crippen molar-refractivity contribution in [2.75, 3.05) is 18.0 Å². The van der Waals surface area contributed by atoms with Crippen molar-refractivity contribution in [3.05, 3.63) is 17.4 Å². The Labute approximate surface area is 120 Å². The van der Waals surface area contributed by atoms with Crippen LogP contribution < -0.4 is 10.6 Å². The van der Waals surface area contributed by atoms with Crippen LogP contribution in [0.15, 0.2) is 12.4 Å². The fourth-order valence-electron chi connectivity index (χ4n) is 2.73. The molecule has 1 aromatic rings. The molecule has 0 atom stereocenters. The molecule has 5 heteroatoms. The summed E-state index contributed by atoms with van der Waals surface area (Å²) in [6.45, 7) is 1.64. The van der Waals surface area contributed by atoms with Crippen molar-refractivity contribution in [1.29, 1.82) is 0 Å². The fraction of sp³-hybridized carbons (Fsp3) is 0.714. The molecule has 1 saturated carbocycles. The molecular formula is C14H23ClN4. The van der Waals surface area contributed by atoms with Crippen LogP contribution in [-0.4, -0.2) is 29.1 Å². The van der Waals surface area contributed by atoms with Crippen LogP contribution in [0, 0.1) is 0 Å². The lowest BCUT2D eigenvalue weighted by atomic mass is 10.1. The number of halogens is 1. The number of rotatable bonds is 5. The van der Waals surface area contributed by atoms with Gasteiger partial charge < -0.3 is 10.6 Å². The maximum atomic E-state index is 5.87. The van der Waals surface area contributed by atoms with Gasteiger partial charge in [-0.25, -0.2) is 9.97 Å². The van der Waals surface area contributed by atoms with Crippen molar-refractivity contribution < 1.29 is 0 Å². The summed E-state index contributed by atoms with van der Waals surface area (Å²) < 4.78 is 0. The molecule has 0 radical (unpaired) electrons. The number of anilines is 1. The molecule has 2 rings (SSSR count). The van der Waals surface area contributed by atoms with Crippen molar-refractivity contribution in [3.8, 4) is 0 Å². The minimum Gasteiger partial charge on any atom is -0.338 e. The second-order valence-electron chi connectivity index (χ2n) is 5.18. The van der Waals surface area contributed by atoms with E-state index >= 15 is 0 Å². The van der Waals surface area contributed by atoms with E-state index in [1.807, 2.05) is 0 Å². The van der Waals surface area contributed by atoms with E-state index in [9.17, 15) is 0 Å². The van der Waals surface area contributed by atoms with Crippen molar-refractivity contribution in [1.82, 2.24) is 9.97 Å². The van der Waals surface area contributed by atoms with Crippen molar-refractivity contribution >= 4 is 17.5 Å². The highest BCUT2D eigenvalue weighted by Crippen LogP contribution is 2.25. The average molecular weight is 283 g/mol. The summed E-state index contributed by atoms with van der Waals surface area (Å²) in [5.74, 6) is 0.796. The summed E-state index contributed by atoms with van der Waals surface area (Å²) in [5.41, 5.74) is 5.65. The van der Waals surface area contributed by atoms with Gasteiger partial charge in [0.05, 0.1) is 17.4 Å². The van der Waals surface area contributed by atoms with Crippen LogP contribution in [0.1, 0.15) is 44.9 Å². The first-order valence-corrected chi connectivity index (χ1v) is 7.63. The quantitative estimate of drug-likeness (QED) is 0.844. The topological polar surface area (TPSA) is 55.0 Å². The van der Waals surface area contributed by atoms with Crippen LogP contribution in [0.4, 0.5) is 5.95 Å². The molecule has 19 heavy (non-hydrogen) atoms. The van der Waals surface area contributed by atoms with E-state index in [1.54, 1.807) is 12.4 Å². The maximum absolute atomic E-state index is 5.87. The fourth-order valence-corrected chi connectivity index (χ4v) is 2.83. The van der Waals surface area contributed by atoms with Gasteiger partial charge in [0, 0.05) is 12.6 Å². The summed E-state index contributed by atoms with van der Waals surface area (Å²) >= 11 is 5.87. The number of nitrogens with two attached hydrogens (primary N) is 1. The third-order valence-electron chi connectivity index (χ3n) is 3.73. The predicted octanol–water partition coefficient (Wildman–Crippen LogP) is 3.01. The van der Waals surface area contributed by atoms with Gasteiger partial charge in [0.1, 0.15) is 0 Å². The Morgan fingerprint density at radius 1 is 1.16 bits per heavy atom. The molecule has 1 aliphatic rings. The number of hydrogen-bond donors (Lipinski definition) is 1. The molecule has 4 nitrogen and oxygen atoms in total. The van der Waals surface area contributed by atoms with Crippen LogP contribution in [0.3, 0.4) is 0 Å². The molecular weight excluding hydrogens is 260 g/mol. The Morgan fingerprint density at radius 3 is 2.37 bits per heavy atom. The Morgan fingerprint density at radius 2 is 1.79 bits per heavy atom. The molecule has 0 aromatic carbocycles. The van der Waals surface area contributed by atoms with E-state index < -0.39 is 0 Å². The zero-order chi connectivity index (χ0) is 13.5. The first-order chi connectivity index (χ1) is 9.31. The van der Waals surface area contributed by atoms with E-state index in [0.29, 0.717) is 17.6 Å². The average Bonchev–Trinajstić information content (AvgIpc) is 2.70. The molecule has 0 spiro atoms. The Hall–Kier alpha value is -0.870. The summed E-state index contributed by atoms with van der Waals surface area (Å²) in [5, 5.41) is 0.586. The third kappa shape index (κ3) is 4.32. The standard InChI is InChI=1S/C14H23ClN4/c15-12-10-17-14(18-11-12)19(9-5-8-16)13-6-3-1-2-4-7-13/h10-11,13H,1-9,16H2. The van der Waals surface area contributed by atoms with Crippen LogP contribution in [0.2, 0.25) is 5.02 Å². The first-order valence-electron chi connectivity index (χ1n) is 7.25. The molecule has 0 aliphatic heterocycles. The minimum absolute atomic E-state index is 0.551. The van der Waals surface area contributed by atoms with E-state index in [2.05, 4.69) is 14.9 Å². The summed E-state index contributed by atoms with van der Waals surface area (Å²) in [7, 11) is 0. The van der Waals surface area contributed by atoms with Crippen molar-refractivity contribution in [2.24, 2.45) is 5.73 Å². The SMILES string of the molecule is NCCCN(c1ncc(Cl)cn1)C1CCCCCC1. The molecule has 2 N–H and O–H groups in total. The summed E-state index contributed by atoms with van der Waals surface area (Å²) in [6, 6.07) is 0.551. The molecule has 1 aliphatic carbocycles. The zero-order valence-corrected chi connectivity index (χ0v) is 12.1. The number of hydrogen-bond acceptors (Lipinski definition) is 4. The van der Waals surface area contributed by atoms with Gasteiger partial charge in [0.2, 0.25) is 5.95 Å². The molecule has 0 saturated heterocycles. The molecule has 1 fully saturated rings. The lowest BCUT2D eigenvalue weighted by Crippen LogP contribution is -2.37. The zero-order valence-electron chi connectivity index (χ0n) is 11.4. The largest absolute Gasteiger partial charge is 0.338 e. The van der Waals surface area contributed by atoms with E-state index in [-0.39, 0.29) is 0 Å². The highest BCUT2D eigenvalue weighted by atomic mass is 35.5. The second-order valence-corrected chi connectivity index (χ2v) is 5.62. The van der Waals surface area contributed by atoms with Gasteiger partial charge in [0.15, 0.2) is 0 Å². The van der Waals surface area contributed by atoms with Gasteiger partial charge in [-0.2, -0.15) is 0 Å². The molecule has 0 amide bonds. The van der Waals surface area contributed by atoms with Crippen LogP contribution >= 0.6 is 11.6 Å². The molecule has 1 aromatic heterocycles. The third-order valence-corrected chi connectivity index (χ3v) is 3.93. The van der Waals surface area contributed by atoms with Crippen LogP contribution in [-0.2, 0) is 0 Å². The van der Waals surface area contributed by atoms with E-state index in [0.717, 1.165) is 18.9 Å². The van der Waals surface area contributed by atoms with Gasteiger partial charge in [-0.05, 0) is 25.8 Å².